The molecule has 0 spiro atoms. The first-order chi connectivity index (χ1) is 15.6. The molecule has 13 heteroatoms. The average molecular weight is 480 g/mol. The third-order valence-electron chi connectivity index (χ3n) is 5.40. The van der Waals surface area contributed by atoms with Crippen molar-refractivity contribution in [2.24, 2.45) is 0 Å². The third kappa shape index (κ3) is 5.54. The molecule has 2 aliphatic heterocycles. The maximum atomic E-state index is 13.3. The number of nitrogens with one attached hydrogen (secondary N) is 2. The number of nitrogens with zero attached hydrogens (tertiary/aromatic N) is 2. The molecule has 2 aliphatic rings. The summed E-state index contributed by atoms with van der Waals surface area (Å²) in [6.07, 6.45) is -0.0384. The van der Waals surface area contributed by atoms with Crippen LogP contribution in [0.1, 0.15) is 32.1 Å². The van der Waals surface area contributed by atoms with Crippen molar-refractivity contribution in [3.05, 3.63) is 30.3 Å². The molecule has 2 fully saturated rings. The van der Waals surface area contributed by atoms with Crippen molar-refractivity contribution in [2.75, 3.05) is 6.54 Å². The molecule has 2 heterocycles. The number of benzene rings is 1. The third-order valence-corrected chi connectivity index (χ3v) is 6.89. The molecule has 1 aromatic rings. The molecule has 0 unspecified atom stereocenters. The molecule has 0 bridgehead atoms. The zero-order chi connectivity index (χ0) is 24.2. The standard InChI is InChI=1S/C20H24N4O8S/c25-12-13(11-18(27)28)21-19(29)16-7-4-10-23-17(26)9-8-15(20(30)24(16)23)22-33(31,32)14-5-2-1-3-6-14/h1-3,5-6,12-13,15-16,22H,4,7-11H2,(H,21,29)(H,27,28)/t13-,15-,16-/m0/s1. The van der Waals surface area contributed by atoms with Crippen LogP contribution in [0.2, 0.25) is 0 Å². The highest BCUT2D eigenvalue weighted by atomic mass is 32.2. The Morgan fingerprint density at radius 1 is 1.18 bits per heavy atom. The summed E-state index contributed by atoms with van der Waals surface area (Å²) in [4.78, 5) is 60.8. The van der Waals surface area contributed by atoms with Gasteiger partial charge in [0.25, 0.3) is 5.91 Å². The molecule has 178 valence electrons. The van der Waals surface area contributed by atoms with Crippen LogP contribution in [-0.2, 0) is 34.0 Å². The second kappa shape index (κ2) is 10.1. The van der Waals surface area contributed by atoms with Crippen molar-refractivity contribution < 1.29 is 37.5 Å². The molecule has 2 saturated heterocycles. The highest BCUT2D eigenvalue weighted by Gasteiger charge is 2.45. The Bertz CT molecular complexity index is 1050. The SMILES string of the molecule is O=C[C@H](CC(=O)O)NC(=O)[C@@H]1CCCN2C(=O)CC[C@H](NS(=O)(=O)c3ccccc3)C(=O)N12. The van der Waals surface area contributed by atoms with Crippen molar-refractivity contribution in [3.8, 4) is 0 Å². The molecule has 3 amide bonds. The second-order valence-electron chi connectivity index (χ2n) is 7.73. The van der Waals surface area contributed by atoms with Gasteiger partial charge in [-0.15, -0.1) is 0 Å². The fraction of sp³-hybridized carbons (Fsp3) is 0.450. The number of carboxylic acids is 1. The number of hydrogen-bond acceptors (Lipinski definition) is 7. The number of hydrogen-bond donors (Lipinski definition) is 3. The molecule has 0 radical (unpaired) electrons. The second-order valence-corrected chi connectivity index (χ2v) is 9.45. The number of fused-ring (bicyclic) bond motifs is 1. The predicted octanol–water partition coefficient (Wildman–Crippen LogP) is -0.980. The van der Waals surface area contributed by atoms with E-state index in [0.717, 1.165) is 10.0 Å². The number of carbonyl (C=O) groups is 5. The molecule has 1 aromatic carbocycles. The summed E-state index contributed by atoms with van der Waals surface area (Å²) in [5, 5.41) is 13.2. The van der Waals surface area contributed by atoms with E-state index in [1.54, 1.807) is 6.07 Å². The maximum absolute atomic E-state index is 13.3. The molecule has 0 aromatic heterocycles. The molecular formula is C20H24N4O8S. The Labute approximate surface area is 189 Å². The van der Waals surface area contributed by atoms with Crippen molar-refractivity contribution in [1.29, 1.82) is 0 Å². The Hall–Kier alpha value is -3.32. The summed E-state index contributed by atoms with van der Waals surface area (Å²) in [7, 11) is -4.08. The number of hydrazine groups is 1. The van der Waals surface area contributed by atoms with E-state index in [1.807, 2.05) is 0 Å². The Morgan fingerprint density at radius 3 is 2.52 bits per heavy atom. The molecule has 0 saturated carbocycles. The summed E-state index contributed by atoms with van der Waals surface area (Å²) in [6, 6.07) is 3.61. The van der Waals surface area contributed by atoms with Crippen molar-refractivity contribution in [3.63, 3.8) is 0 Å². The van der Waals surface area contributed by atoms with Gasteiger partial charge in [-0.1, -0.05) is 18.2 Å². The summed E-state index contributed by atoms with van der Waals surface area (Å²) < 4.78 is 27.8. The van der Waals surface area contributed by atoms with Crippen LogP contribution in [0.3, 0.4) is 0 Å². The van der Waals surface area contributed by atoms with E-state index < -0.39 is 58.3 Å². The minimum atomic E-state index is -4.08. The van der Waals surface area contributed by atoms with Crippen LogP contribution in [-0.4, -0.2) is 78.2 Å². The Balaban J connectivity index is 1.85. The lowest BCUT2D eigenvalue weighted by Gasteiger charge is -2.43. The summed E-state index contributed by atoms with van der Waals surface area (Å²) >= 11 is 0. The monoisotopic (exact) mass is 480 g/mol. The lowest BCUT2D eigenvalue weighted by Crippen LogP contribution is -2.64. The van der Waals surface area contributed by atoms with Crippen LogP contribution in [0.15, 0.2) is 35.2 Å². The fourth-order valence-corrected chi connectivity index (χ4v) is 5.08. The maximum Gasteiger partial charge on any atom is 0.305 e. The minimum Gasteiger partial charge on any atom is -0.481 e. The fourth-order valence-electron chi connectivity index (χ4n) is 3.84. The highest BCUT2D eigenvalue weighted by molar-refractivity contribution is 7.89. The van der Waals surface area contributed by atoms with Gasteiger partial charge in [-0.25, -0.2) is 13.4 Å². The molecule has 0 aliphatic carbocycles. The van der Waals surface area contributed by atoms with Crippen LogP contribution in [0.25, 0.3) is 0 Å². The quantitative estimate of drug-likeness (QED) is 0.399. The van der Waals surface area contributed by atoms with Crippen LogP contribution < -0.4 is 10.0 Å². The van der Waals surface area contributed by atoms with Gasteiger partial charge in [0.15, 0.2) is 0 Å². The summed E-state index contributed by atoms with van der Waals surface area (Å²) in [5.74, 6) is -3.32. The number of aliphatic carboxylic acids is 1. The first kappa shape index (κ1) is 24.3. The minimum absolute atomic E-state index is 0.0549. The zero-order valence-electron chi connectivity index (χ0n) is 17.5. The molecule has 3 N–H and O–H groups in total. The van der Waals surface area contributed by atoms with Crippen LogP contribution in [0.4, 0.5) is 0 Å². The number of carboxylic acid groups (broad SMARTS) is 1. The van der Waals surface area contributed by atoms with Crippen molar-refractivity contribution >= 4 is 40.0 Å². The van der Waals surface area contributed by atoms with Gasteiger partial charge in [-0.3, -0.25) is 24.2 Å². The van der Waals surface area contributed by atoms with E-state index in [-0.39, 0.29) is 37.0 Å². The van der Waals surface area contributed by atoms with E-state index in [0.29, 0.717) is 6.42 Å². The van der Waals surface area contributed by atoms with Crippen molar-refractivity contribution in [1.82, 2.24) is 20.1 Å². The van der Waals surface area contributed by atoms with Gasteiger partial charge >= 0.3 is 5.97 Å². The Kier molecular flexibility index (Phi) is 7.43. The van der Waals surface area contributed by atoms with Crippen LogP contribution >= 0.6 is 0 Å². The van der Waals surface area contributed by atoms with E-state index in [4.69, 9.17) is 5.11 Å². The van der Waals surface area contributed by atoms with Gasteiger partial charge in [-0.2, -0.15) is 4.72 Å². The molecule has 3 atom stereocenters. The van der Waals surface area contributed by atoms with Crippen LogP contribution in [0, 0.1) is 0 Å². The van der Waals surface area contributed by atoms with Gasteiger partial charge in [0.05, 0.1) is 17.4 Å². The van der Waals surface area contributed by atoms with Gasteiger partial charge in [-0.05, 0) is 31.4 Å². The van der Waals surface area contributed by atoms with E-state index in [1.165, 1.54) is 24.3 Å². The summed E-state index contributed by atoms with van der Waals surface area (Å²) in [6.45, 7) is 0.165. The largest absolute Gasteiger partial charge is 0.481 e. The average Bonchev–Trinajstić information content (AvgIpc) is 2.90. The molecule has 33 heavy (non-hydrogen) atoms. The first-order valence-corrected chi connectivity index (χ1v) is 11.8. The molecule has 3 rings (SSSR count). The smallest absolute Gasteiger partial charge is 0.305 e. The highest BCUT2D eigenvalue weighted by Crippen LogP contribution is 2.26. The number of amides is 3. The predicted molar refractivity (Wildman–Crippen MR) is 112 cm³/mol. The number of aldehydes is 1. The van der Waals surface area contributed by atoms with Gasteiger partial charge in [0, 0.05) is 13.0 Å². The van der Waals surface area contributed by atoms with E-state index >= 15 is 0 Å². The Morgan fingerprint density at radius 2 is 1.88 bits per heavy atom. The number of rotatable bonds is 8. The first-order valence-electron chi connectivity index (χ1n) is 10.3. The van der Waals surface area contributed by atoms with Gasteiger partial charge in [0.2, 0.25) is 21.8 Å². The van der Waals surface area contributed by atoms with Crippen molar-refractivity contribution in [2.45, 2.75) is 55.1 Å². The topological polar surface area (TPSA) is 170 Å². The normalized spacial score (nSPS) is 22.2. The van der Waals surface area contributed by atoms with Gasteiger partial charge in [0.1, 0.15) is 18.4 Å². The van der Waals surface area contributed by atoms with Crippen LogP contribution in [0.5, 0.6) is 0 Å². The number of sulfonamides is 1. The molecular weight excluding hydrogens is 456 g/mol. The lowest BCUT2D eigenvalue weighted by atomic mass is 10.1. The van der Waals surface area contributed by atoms with E-state index in [2.05, 4.69) is 10.0 Å². The zero-order valence-corrected chi connectivity index (χ0v) is 18.4. The number of carbonyl (C=O) groups excluding carboxylic acids is 4. The molecule has 12 nitrogen and oxygen atoms in total. The van der Waals surface area contributed by atoms with E-state index in [9.17, 15) is 32.4 Å². The lowest BCUT2D eigenvalue weighted by molar-refractivity contribution is -0.176. The summed E-state index contributed by atoms with van der Waals surface area (Å²) in [5.41, 5.74) is 0. The van der Waals surface area contributed by atoms with Gasteiger partial charge < -0.3 is 15.2 Å².